The van der Waals surface area contributed by atoms with Gasteiger partial charge in [0, 0.05) is 6.54 Å². The van der Waals surface area contributed by atoms with Gasteiger partial charge in [0.15, 0.2) is 11.5 Å². The zero-order valence-corrected chi connectivity index (χ0v) is 12.6. The second-order valence-corrected chi connectivity index (χ2v) is 6.41. The zero-order chi connectivity index (χ0) is 15.5. The molecule has 0 heterocycles. The van der Waals surface area contributed by atoms with E-state index in [0.717, 1.165) is 5.56 Å². The number of hydrogen-bond donors (Lipinski definition) is 2. The summed E-state index contributed by atoms with van der Waals surface area (Å²) in [6.45, 7) is 2.01. The van der Waals surface area contributed by atoms with Crippen LogP contribution in [0, 0.1) is 6.92 Å². The molecule has 0 fully saturated rings. The van der Waals surface area contributed by atoms with Crippen LogP contribution in [0.5, 0.6) is 11.5 Å². The summed E-state index contributed by atoms with van der Waals surface area (Å²) in [5, 5.41) is 9.50. The van der Waals surface area contributed by atoms with Crippen LogP contribution in [0.3, 0.4) is 0 Å². The summed E-state index contributed by atoms with van der Waals surface area (Å²) in [6.07, 6.45) is 0. The molecule has 0 aliphatic carbocycles. The highest BCUT2D eigenvalue weighted by Crippen LogP contribution is 2.26. The van der Waals surface area contributed by atoms with Gasteiger partial charge in [-0.3, -0.25) is 0 Å². The second-order valence-electron chi connectivity index (χ2n) is 4.64. The van der Waals surface area contributed by atoms with Gasteiger partial charge in [-0.1, -0.05) is 23.8 Å². The normalized spacial score (nSPS) is 11.3. The van der Waals surface area contributed by atoms with Crippen LogP contribution in [0.1, 0.15) is 11.1 Å². The van der Waals surface area contributed by atoms with Crippen molar-refractivity contribution in [2.45, 2.75) is 18.4 Å². The summed E-state index contributed by atoms with van der Waals surface area (Å²) in [6, 6.07) is 11.3. The Labute approximate surface area is 124 Å². The first kappa shape index (κ1) is 15.3. The van der Waals surface area contributed by atoms with E-state index in [1.807, 2.05) is 6.92 Å². The number of aryl methyl sites for hydroxylation is 1. The summed E-state index contributed by atoms with van der Waals surface area (Å²) < 4.78 is 31.8. The number of rotatable bonds is 5. The first-order valence-corrected chi connectivity index (χ1v) is 7.83. The van der Waals surface area contributed by atoms with Crippen molar-refractivity contribution >= 4 is 10.0 Å². The molecule has 2 rings (SSSR count). The van der Waals surface area contributed by atoms with E-state index >= 15 is 0 Å². The molecule has 0 saturated heterocycles. The van der Waals surface area contributed by atoms with Crippen LogP contribution >= 0.6 is 0 Å². The lowest BCUT2D eigenvalue weighted by atomic mass is 10.2. The maximum absolute atomic E-state index is 12.1. The summed E-state index contributed by atoms with van der Waals surface area (Å²) in [5.74, 6) is 0.324. The fourth-order valence-corrected chi connectivity index (χ4v) is 2.83. The molecule has 21 heavy (non-hydrogen) atoms. The third-order valence-corrected chi connectivity index (χ3v) is 4.46. The number of aromatic hydroxyl groups is 1. The Bertz CT molecular complexity index is 724. The summed E-state index contributed by atoms with van der Waals surface area (Å²) >= 11 is 0. The predicted octanol–water partition coefficient (Wildman–Crippen LogP) is 2.19. The minimum Gasteiger partial charge on any atom is -0.504 e. The molecule has 0 amide bonds. The highest BCUT2D eigenvalue weighted by Gasteiger charge is 2.13. The highest BCUT2D eigenvalue weighted by molar-refractivity contribution is 7.89. The van der Waals surface area contributed by atoms with Gasteiger partial charge in [-0.2, -0.15) is 0 Å². The summed E-state index contributed by atoms with van der Waals surface area (Å²) in [7, 11) is -2.12. The molecular weight excluding hydrogens is 290 g/mol. The van der Waals surface area contributed by atoms with Crippen LogP contribution in [-0.4, -0.2) is 20.6 Å². The molecule has 0 bridgehead atoms. The van der Waals surface area contributed by atoms with E-state index in [0.29, 0.717) is 11.3 Å². The van der Waals surface area contributed by atoms with Gasteiger partial charge in [0.05, 0.1) is 12.0 Å². The van der Waals surface area contributed by atoms with E-state index in [2.05, 4.69) is 4.72 Å². The van der Waals surface area contributed by atoms with Crippen molar-refractivity contribution in [2.75, 3.05) is 7.11 Å². The molecule has 2 aromatic rings. The van der Waals surface area contributed by atoms with Crippen molar-refractivity contribution < 1.29 is 18.3 Å². The Hall–Kier alpha value is -2.05. The zero-order valence-electron chi connectivity index (χ0n) is 11.8. The van der Waals surface area contributed by atoms with Crippen molar-refractivity contribution in [3.05, 3.63) is 53.6 Å². The van der Waals surface area contributed by atoms with Crippen LogP contribution in [0.25, 0.3) is 0 Å². The Kier molecular flexibility index (Phi) is 4.50. The average Bonchev–Trinajstić information content (AvgIpc) is 2.47. The van der Waals surface area contributed by atoms with Crippen molar-refractivity contribution in [1.82, 2.24) is 4.72 Å². The van der Waals surface area contributed by atoms with Crippen molar-refractivity contribution in [3.8, 4) is 11.5 Å². The number of phenolic OH excluding ortho intramolecular Hbond substituents is 1. The van der Waals surface area contributed by atoms with E-state index in [1.165, 1.54) is 13.2 Å². The summed E-state index contributed by atoms with van der Waals surface area (Å²) in [4.78, 5) is 0.221. The van der Waals surface area contributed by atoms with Crippen LogP contribution in [0.2, 0.25) is 0 Å². The maximum Gasteiger partial charge on any atom is 0.240 e. The molecule has 0 aliphatic heterocycles. The molecule has 6 heteroatoms. The largest absolute Gasteiger partial charge is 0.504 e. The molecule has 0 saturated carbocycles. The van der Waals surface area contributed by atoms with Gasteiger partial charge in [0.25, 0.3) is 0 Å². The highest BCUT2D eigenvalue weighted by atomic mass is 32.2. The molecule has 5 nitrogen and oxygen atoms in total. The monoisotopic (exact) mass is 307 g/mol. The topological polar surface area (TPSA) is 75.6 Å². The van der Waals surface area contributed by atoms with Gasteiger partial charge in [-0.15, -0.1) is 0 Å². The van der Waals surface area contributed by atoms with Gasteiger partial charge in [-0.25, -0.2) is 13.1 Å². The van der Waals surface area contributed by atoms with Crippen LogP contribution in [0.4, 0.5) is 0 Å². The van der Waals surface area contributed by atoms with Crippen LogP contribution in [-0.2, 0) is 16.6 Å². The lowest BCUT2D eigenvalue weighted by Gasteiger charge is -2.09. The molecule has 0 spiro atoms. The van der Waals surface area contributed by atoms with Gasteiger partial charge < -0.3 is 9.84 Å². The number of ether oxygens (including phenoxy) is 1. The third kappa shape index (κ3) is 3.74. The Morgan fingerprint density at radius 3 is 2.43 bits per heavy atom. The summed E-state index contributed by atoms with van der Waals surface area (Å²) in [5.41, 5.74) is 1.69. The molecule has 0 unspecified atom stereocenters. The average molecular weight is 307 g/mol. The minimum atomic E-state index is -3.56. The molecule has 0 radical (unpaired) electrons. The van der Waals surface area contributed by atoms with Gasteiger partial charge in [0.2, 0.25) is 10.0 Å². The number of methoxy groups -OCH3 is 1. The smallest absolute Gasteiger partial charge is 0.240 e. The second kappa shape index (κ2) is 6.15. The fourth-order valence-electron chi connectivity index (χ4n) is 1.81. The van der Waals surface area contributed by atoms with Crippen LogP contribution < -0.4 is 9.46 Å². The molecule has 0 atom stereocenters. The van der Waals surface area contributed by atoms with E-state index in [-0.39, 0.29) is 17.2 Å². The van der Waals surface area contributed by atoms with E-state index in [9.17, 15) is 13.5 Å². The Balaban J connectivity index is 2.13. The molecule has 0 aliphatic rings. The lowest BCUT2D eigenvalue weighted by molar-refractivity contribution is 0.373. The van der Waals surface area contributed by atoms with E-state index in [1.54, 1.807) is 36.4 Å². The molecule has 112 valence electrons. The first-order chi connectivity index (χ1) is 9.92. The Morgan fingerprint density at radius 2 is 1.81 bits per heavy atom. The predicted molar refractivity (Wildman–Crippen MR) is 79.9 cm³/mol. The number of benzene rings is 2. The molecular formula is C15H17NO4S. The van der Waals surface area contributed by atoms with E-state index < -0.39 is 10.0 Å². The Morgan fingerprint density at radius 1 is 1.14 bits per heavy atom. The third-order valence-electron chi connectivity index (χ3n) is 3.04. The van der Waals surface area contributed by atoms with Crippen molar-refractivity contribution in [1.29, 1.82) is 0 Å². The van der Waals surface area contributed by atoms with Gasteiger partial charge in [0.1, 0.15) is 0 Å². The minimum absolute atomic E-state index is 0.0163. The van der Waals surface area contributed by atoms with Gasteiger partial charge >= 0.3 is 0 Å². The quantitative estimate of drug-likeness (QED) is 0.888. The molecule has 0 aromatic heterocycles. The van der Waals surface area contributed by atoms with E-state index in [4.69, 9.17) is 4.74 Å². The number of phenols is 1. The maximum atomic E-state index is 12.1. The number of sulfonamides is 1. The van der Waals surface area contributed by atoms with Crippen molar-refractivity contribution in [3.63, 3.8) is 0 Å². The number of hydrogen-bond acceptors (Lipinski definition) is 4. The standard InChI is InChI=1S/C15H17NO4S/c1-11-3-6-13(7-4-11)21(18,19)16-10-12-5-8-14(17)15(9-12)20-2/h3-9,16-17H,10H2,1-2H3. The first-order valence-electron chi connectivity index (χ1n) is 6.34. The van der Waals surface area contributed by atoms with Gasteiger partial charge in [-0.05, 0) is 36.8 Å². The molecule has 2 N–H and O–H groups in total. The van der Waals surface area contributed by atoms with Crippen LogP contribution in [0.15, 0.2) is 47.4 Å². The lowest BCUT2D eigenvalue weighted by Crippen LogP contribution is -2.23. The fraction of sp³-hybridized carbons (Fsp3) is 0.200. The molecule has 2 aromatic carbocycles. The SMILES string of the molecule is COc1cc(CNS(=O)(=O)c2ccc(C)cc2)ccc1O. The number of nitrogens with one attached hydrogen (secondary N) is 1. The van der Waals surface area contributed by atoms with Crippen molar-refractivity contribution in [2.24, 2.45) is 0 Å².